The van der Waals surface area contributed by atoms with Crippen molar-refractivity contribution in [2.45, 2.75) is 85.8 Å². The number of carbonyl (C=O) groups is 1. The van der Waals surface area contributed by atoms with Crippen LogP contribution in [0.5, 0.6) is 0 Å². The molecule has 0 aliphatic rings. The van der Waals surface area contributed by atoms with E-state index in [0.29, 0.717) is 19.6 Å². The maximum Gasteiger partial charge on any atom is 0.220 e. The lowest BCUT2D eigenvalue weighted by atomic mass is 9.92. The third kappa shape index (κ3) is 7.99. The van der Waals surface area contributed by atoms with Gasteiger partial charge in [-0.1, -0.05) is 46.8 Å². The van der Waals surface area contributed by atoms with Gasteiger partial charge < -0.3 is 10.1 Å². The Balaban J connectivity index is 2.53. The van der Waals surface area contributed by atoms with E-state index in [9.17, 15) is 4.79 Å². The number of carbonyl (C=O) groups excluding carboxylic acids is 1. The van der Waals surface area contributed by atoms with Gasteiger partial charge in [0.2, 0.25) is 5.91 Å². The van der Waals surface area contributed by atoms with Gasteiger partial charge in [0.05, 0.1) is 17.9 Å². The number of nitrogens with one attached hydrogen (secondary N) is 1. The average Bonchev–Trinajstić information content (AvgIpc) is 2.92. The van der Waals surface area contributed by atoms with E-state index in [0.717, 1.165) is 18.7 Å². The van der Waals surface area contributed by atoms with Crippen LogP contribution in [0.3, 0.4) is 0 Å². The second-order valence-electron chi connectivity index (χ2n) is 9.29. The van der Waals surface area contributed by atoms with E-state index in [1.165, 1.54) is 0 Å². The van der Waals surface area contributed by atoms with Crippen molar-refractivity contribution in [2.75, 3.05) is 13.2 Å². The van der Waals surface area contributed by atoms with Crippen molar-refractivity contribution in [2.24, 2.45) is 5.41 Å². The van der Waals surface area contributed by atoms with Crippen LogP contribution in [0.1, 0.15) is 73.9 Å². The molecule has 6 heteroatoms. The molecule has 1 heterocycles. The molecule has 0 aliphatic carbocycles. The van der Waals surface area contributed by atoms with Gasteiger partial charge in [0.1, 0.15) is 0 Å². The molecular weight excluding hydrogens is 316 g/mol. The Bertz CT molecular complexity index is 556. The van der Waals surface area contributed by atoms with Gasteiger partial charge in [0.25, 0.3) is 0 Å². The van der Waals surface area contributed by atoms with Gasteiger partial charge in [-0.3, -0.25) is 9.48 Å². The number of amides is 1. The van der Waals surface area contributed by atoms with Crippen LogP contribution in [0.25, 0.3) is 0 Å². The molecule has 0 saturated carbocycles. The molecule has 0 radical (unpaired) electrons. The third-order valence-electron chi connectivity index (χ3n) is 3.94. The van der Waals surface area contributed by atoms with Crippen molar-refractivity contribution in [3.05, 3.63) is 11.9 Å². The second kappa shape index (κ2) is 8.30. The Morgan fingerprint density at radius 3 is 2.36 bits per heavy atom. The zero-order valence-corrected chi connectivity index (χ0v) is 17.3. The molecule has 6 nitrogen and oxygen atoms in total. The SMILES string of the molecule is CCCC(=O)NCC(C)(C)OCC(C)(C)Cn1cc(C(C)(C)C)nn1. The van der Waals surface area contributed by atoms with Crippen LogP contribution >= 0.6 is 0 Å². The topological polar surface area (TPSA) is 69.0 Å². The molecule has 144 valence electrons. The standard InChI is InChI=1S/C19H36N4O2/c1-9-10-16(24)20-12-19(7,8)25-14-18(5,6)13-23-11-15(21-22-23)17(2,3)4/h11H,9-10,12-14H2,1-8H3,(H,20,24). The number of nitrogens with zero attached hydrogens (tertiary/aromatic N) is 3. The summed E-state index contributed by atoms with van der Waals surface area (Å²) in [7, 11) is 0. The molecule has 0 atom stereocenters. The fourth-order valence-electron chi connectivity index (χ4n) is 2.27. The van der Waals surface area contributed by atoms with Crippen LogP contribution in [0.4, 0.5) is 0 Å². The summed E-state index contributed by atoms with van der Waals surface area (Å²) in [5.41, 5.74) is 0.494. The first-order valence-corrected chi connectivity index (χ1v) is 9.16. The molecule has 1 aromatic rings. The van der Waals surface area contributed by atoms with E-state index in [1.807, 2.05) is 31.6 Å². The third-order valence-corrected chi connectivity index (χ3v) is 3.94. The lowest BCUT2D eigenvalue weighted by Crippen LogP contribution is -2.42. The highest BCUT2D eigenvalue weighted by Gasteiger charge is 2.27. The minimum absolute atomic E-state index is 0.00240. The first kappa shape index (κ1) is 21.6. The van der Waals surface area contributed by atoms with E-state index >= 15 is 0 Å². The quantitative estimate of drug-likeness (QED) is 0.740. The summed E-state index contributed by atoms with van der Waals surface area (Å²) < 4.78 is 7.98. The molecule has 0 aliphatic heterocycles. The number of rotatable bonds is 9. The Hall–Kier alpha value is -1.43. The predicted octanol–water partition coefficient (Wildman–Crippen LogP) is 3.31. The van der Waals surface area contributed by atoms with Gasteiger partial charge in [0, 0.05) is 36.5 Å². The van der Waals surface area contributed by atoms with Gasteiger partial charge in [0.15, 0.2) is 0 Å². The van der Waals surface area contributed by atoms with Crippen LogP contribution in [0.2, 0.25) is 0 Å². The Kier molecular flexibility index (Phi) is 7.18. The molecule has 1 rings (SSSR count). The summed E-state index contributed by atoms with van der Waals surface area (Å²) in [6, 6.07) is 0. The summed E-state index contributed by atoms with van der Waals surface area (Å²) in [5, 5.41) is 11.5. The van der Waals surface area contributed by atoms with Gasteiger partial charge in [-0.15, -0.1) is 5.10 Å². The highest BCUT2D eigenvalue weighted by molar-refractivity contribution is 5.75. The van der Waals surface area contributed by atoms with Crippen molar-refractivity contribution in [3.8, 4) is 0 Å². The minimum atomic E-state index is -0.403. The highest BCUT2D eigenvalue weighted by atomic mass is 16.5. The fraction of sp³-hybridized carbons (Fsp3) is 0.842. The molecular formula is C19H36N4O2. The molecule has 0 fully saturated rings. The van der Waals surface area contributed by atoms with Crippen LogP contribution in [0, 0.1) is 5.41 Å². The van der Waals surface area contributed by atoms with Crippen molar-refractivity contribution in [3.63, 3.8) is 0 Å². The van der Waals surface area contributed by atoms with Gasteiger partial charge in [-0.25, -0.2) is 0 Å². The van der Waals surface area contributed by atoms with Crippen molar-refractivity contribution < 1.29 is 9.53 Å². The molecule has 0 aromatic carbocycles. The zero-order valence-electron chi connectivity index (χ0n) is 17.3. The van der Waals surface area contributed by atoms with Crippen LogP contribution in [0.15, 0.2) is 6.20 Å². The summed E-state index contributed by atoms with van der Waals surface area (Å²) >= 11 is 0. The van der Waals surface area contributed by atoms with Crippen molar-refractivity contribution in [1.29, 1.82) is 0 Å². The Morgan fingerprint density at radius 1 is 1.20 bits per heavy atom. The second-order valence-corrected chi connectivity index (χ2v) is 9.29. The van der Waals surface area contributed by atoms with Crippen molar-refractivity contribution >= 4 is 5.91 Å². The predicted molar refractivity (Wildman–Crippen MR) is 100 cm³/mol. The largest absolute Gasteiger partial charge is 0.373 e. The number of aromatic nitrogens is 3. The zero-order chi connectivity index (χ0) is 19.3. The molecule has 0 bridgehead atoms. The molecule has 1 amide bonds. The van der Waals surface area contributed by atoms with E-state index in [1.54, 1.807) is 0 Å². The lowest BCUT2D eigenvalue weighted by Gasteiger charge is -2.32. The average molecular weight is 353 g/mol. The molecule has 25 heavy (non-hydrogen) atoms. The summed E-state index contributed by atoms with van der Waals surface area (Å²) in [6.45, 7) is 18.5. The van der Waals surface area contributed by atoms with E-state index < -0.39 is 5.60 Å². The number of hydrogen-bond acceptors (Lipinski definition) is 4. The normalized spacial score (nSPS) is 13.1. The van der Waals surface area contributed by atoms with Gasteiger partial charge >= 0.3 is 0 Å². The summed E-state index contributed by atoms with van der Waals surface area (Å²) in [5.74, 6) is 0.0794. The minimum Gasteiger partial charge on any atom is -0.373 e. The van der Waals surface area contributed by atoms with E-state index in [2.05, 4.69) is 50.2 Å². The van der Waals surface area contributed by atoms with E-state index in [-0.39, 0.29) is 16.7 Å². The maximum atomic E-state index is 11.6. The molecule has 0 saturated heterocycles. The highest BCUT2D eigenvalue weighted by Crippen LogP contribution is 2.24. The monoisotopic (exact) mass is 352 g/mol. The summed E-state index contributed by atoms with van der Waals surface area (Å²) in [4.78, 5) is 11.6. The van der Waals surface area contributed by atoms with Crippen LogP contribution in [-0.2, 0) is 21.5 Å². The first-order valence-electron chi connectivity index (χ1n) is 9.16. The smallest absolute Gasteiger partial charge is 0.220 e. The number of hydrogen-bond donors (Lipinski definition) is 1. The maximum absolute atomic E-state index is 11.6. The fourth-order valence-corrected chi connectivity index (χ4v) is 2.27. The Morgan fingerprint density at radius 2 is 1.84 bits per heavy atom. The van der Waals surface area contributed by atoms with Gasteiger partial charge in [-0.05, 0) is 20.3 Å². The van der Waals surface area contributed by atoms with Crippen LogP contribution in [-0.4, -0.2) is 39.7 Å². The van der Waals surface area contributed by atoms with E-state index in [4.69, 9.17) is 4.74 Å². The van der Waals surface area contributed by atoms with Gasteiger partial charge in [-0.2, -0.15) is 0 Å². The number of ether oxygens (including phenoxy) is 1. The Labute approximate surface area is 152 Å². The summed E-state index contributed by atoms with van der Waals surface area (Å²) in [6.07, 6.45) is 3.43. The molecule has 0 spiro atoms. The van der Waals surface area contributed by atoms with Crippen LogP contribution < -0.4 is 5.32 Å². The molecule has 1 N–H and O–H groups in total. The lowest BCUT2D eigenvalue weighted by molar-refractivity contribution is -0.123. The molecule has 1 aromatic heterocycles. The molecule has 0 unspecified atom stereocenters. The van der Waals surface area contributed by atoms with Crippen molar-refractivity contribution in [1.82, 2.24) is 20.3 Å². The first-order chi connectivity index (χ1) is 11.3.